The number of carbonyl (C=O) groups is 2. The number of carbonyl (C=O) groups excluding carboxylic acids is 2. The highest BCUT2D eigenvalue weighted by Crippen LogP contribution is 2.25. The number of hydrogen-bond donors (Lipinski definition) is 0. The lowest BCUT2D eigenvalue weighted by Gasteiger charge is -2.14. The second-order valence-corrected chi connectivity index (χ2v) is 3.58. The lowest BCUT2D eigenvalue weighted by molar-refractivity contribution is -0.141. The van der Waals surface area contributed by atoms with Crippen LogP contribution in [0.3, 0.4) is 0 Å². The molecule has 0 bridgehead atoms. The third-order valence-corrected chi connectivity index (χ3v) is 2.76. The molecule has 82 valence electrons. The van der Waals surface area contributed by atoms with Gasteiger partial charge in [0.2, 0.25) is 5.91 Å². The molecule has 2 atom stereocenters. The second-order valence-electron chi connectivity index (χ2n) is 3.11. The molecule has 0 spiro atoms. The van der Waals surface area contributed by atoms with Gasteiger partial charge in [-0.3, -0.25) is 9.59 Å². The summed E-state index contributed by atoms with van der Waals surface area (Å²) in [5, 5.41) is -0.958. The van der Waals surface area contributed by atoms with Crippen molar-refractivity contribution in [1.82, 2.24) is 4.90 Å². The number of alkyl halides is 1. The first-order chi connectivity index (χ1) is 7.11. The van der Waals surface area contributed by atoms with Gasteiger partial charge in [0.1, 0.15) is 5.38 Å². The van der Waals surface area contributed by atoms with Crippen molar-refractivity contribution >= 4 is 23.5 Å². The van der Waals surface area contributed by atoms with Crippen LogP contribution in [0, 0.1) is 5.92 Å². The van der Waals surface area contributed by atoms with E-state index in [-0.39, 0.29) is 5.91 Å². The molecular weight excluding hydrogens is 218 g/mol. The average Bonchev–Trinajstić information content (AvgIpc) is 2.59. The van der Waals surface area contributed by atoms with Crippen LogP contribution in [0.1, 0.15) is 6.42 Å². The smallest absolute Gasteiger partial charge is 0.329 e. The highest BCUT2D eigenvalue weighted by Gasteiger charge is 2.39. The minimum Gasteiger partial charge on any atom is -0.434 e. The largest absolute Gasteiger partial charge is 0.434 e. The van der Waals surface area contributed by atoms with E-state index in [1.807, 2.05) is 0 Å². The highest BCUT2D eigenvalue weighted by atomic mass is 35.5. The number of esters is 1. The van der Waals surface area contributed by atoms with Gasteiger partial charge in [-0.2, -0.15) is 0 Å². The van der Waals surface area contributed by atoms with Crippen molar-refractivity contribution in [2.45, 2.75) is 11.8 Å². The predicted molar refractivity (Wildman–Crippen MR) is 55.9 cm³/mol. The molecule has 1 heterocycles. The number of halogens is 1. The molecule has 1 fully saturated rings. The van der Waals surface area contributed by atoms with Crippen LogP contribution in [0.4, 0.5) is 0 Å². The van der Waals surface area contributed by atoms with Crippen LogP contribution in [0.25, 0.3) is 0 Å². The van der Waals surface area contributed by atoms with Gasteiger partial charge in [-0.05, 0) is 12.6 Å². The van der Waals surface area contributed by atoms with E-state index in [2.05, 4.69) is 17.9 Å². The van der Waals surface area contributed by atoms with Crippen LogP contribution in [0.2, 0.25) is 0 Å². The Balaban J connectivity index is 2.65. The summed E-state index contributed by atoms with van der Waals surface area (Å²) in [6.07, 6.45) is 2.97. The van der Waals surface area contributed by atoms with E-state index in [4.69, 9.17) is 11.6 Å². The van der Waals surface area contributed by atoms with E-state index >= 15 is 0 Å². The van der Waals surface area contributed by atoms with E-state index in [0.717, 1.165) is 6.26 Å². The van der Waals surface area contributed by atoms with Gasteiger partial charge in [0, 0.05) is 6.54 Å². The minimum absolute atomic E-state index is 0.189. The van der Waals surface area contributed by atoms with Crippen molar-refractivity contribution in [3.05, 3.63) is 25.6 Å². The molecule has 1 aliphatic heterocycles. The van der Waals surface area contributed by atoms with Gasteiger partial charge in [0.15, 0.2) is 0 Å². The Kier molecular flexibility index (Phi) is 3.91. The van der Waals surface area contributed by atoms with Crippen LogP contribution in [0.5, 0.6) is 0 Å². The Labute approximate surface area is 93.1 Å². The number of nitrogens with zero attached hydrogens (tertiary/aromatic N) is 1. The molecule has 0 aromatic rings. The Morgan fingerprint density at radius 3 is 2.80 bits per heavy atom. The maximum atomic E-state index is 11.6. The summed E-state index contributed by atoms with van der Waals surface area (Å²) in [4.78, 5) is 24.3. The summed E-state index contributed by atoms with van der Waals surface area (Å²) in [7, 11) is 0. The summed E-state index contributed by atoms with van der Waals surface area (Å²) in [6, 6.07) is 0. The molecule has 4 nitrogen and oxygen atoms in total. The van der Waals surface area contributed by atoms with Crippen molar-refractivity contribution < 1.29 is 14.3 Å². The summed E-state index contributed by atoms with van der Waals surface area (Å²) < 4.78 is 4.53. The van der Waals surface area contributed by atoms with Gasteiger partial charge < -0.3 is 9.64 Å². The van der Waals surface area contributed by atoms with Gasteiger partial charge in [0.25, 0.3) is 0 Å². The van der Waals surface area contributed by atoms with Crippen molar-refractivity contribution in [2.24, 2.45) is 5.92 Å². The molecule has 1 aliphatic rings. The predicted octanol–water partition coefficient (Wildman–Crippen LogP) is 1.27. The molecule has 0 aromatic heterocycles. The van der Waals surface area contributed by atoms with E-state index in [9.17, 15) is 9.59 Å². The van der Waals surface area contributed by atoms with Crippen molar-refractivity contribution in [1.29, 1.82) is 0 Å². The van der Waals surface area contributed by atoms with E-state index < -0.39 is 17.3 Å². The lowest BCUT2D eigenvalue weighted by atomic mass is 10.0. The summed E-state index contributed by atoms with van der Waals surface area (Å²) in [6.45, 7) is 7.28. The third-order valence-electron chi connectivity index (χ3n) is 2.28. The van der Waals surface area contributed by atoms with Crippen molar-refractivity contribution in [3.8, 4) is 0 Å². The molecular formula is C10H12ClNO3. The average molecular weight is 230 g/mol. The van der Waals surface area contributed by atoms with Crippen molar-refractivity contribution in [2.75, 3.05) is 6.54 Å². The number of hydrogen-bond acceptors (Lipinski definition) is 3. The standard InChI is InChI=1S/C10H12ClNO3/c1-3-12-6-5-7(9(12)13)8(11)10(14)15-4-2/h3-4,7-8H,1-2,5-6H2. The fourth-order valence-electron chi connectivity index (χ4n) is 1.49. The first-order valence-corrected chi connectivity index (χ1v) is 4.94. The van der Waals surface area contributed by atoms with E-state index in [1.165, 1.54) is 11.1 Å². The Morgan fingerprint density at radius 1 is 1.67 bits per heavy atom. The van der Waals surface area contributed by atoms with Crippen LogP contribution < -0.4 is 0 Å². The number of ether oxygens (including phenoxy) is 1. The molecule has 1 saturated heterocycles. The molecule has 0 saturated carbocycles. The summed E-state index contributed by atoms with van der Waals surface area (Å²) >= 11 is 5.83. The Morgan fingerprint density at radius 2 is 2.33 bits per heavy atom. The van der Waals surface area contributed by atoms with Gasteiger partial charge in [-0.15, -0.1) is 11.6 Å². The number of rotatable bonds is 4. The zero-order valence-corrected chi connectivity index (χ0v) is 8.94. The molecule has 2 unspecified atom stereocenters. The van der Waals surface area contributed by atoms with Gasteiger partial charge in [-0.25, -0.2) is 0 Å². The molecule has 0 aliphatic carbocycles. The maximum absolute atomic E-state index is 11.6. The van der Waals surface area contributed by atoms with Crippen molar-refractivity contribution in [3.63, 3.8) is 0 Å². The lowest BCUT2D eigenvalue weighted by Crippen LogP contribution is -2.31. The number of amides is 1. The molecule has 0 radical (unpaired) electrons. The Bertz CT molecular complexity index is 303. The van der Waals surface area contributed by atoms with E-state index in [0.29, 0.717) is 13.0 Å². The van der Waals surface area contributed by atoms with Crippen LogP contribution in [-0.4, -0.2) is 28.7 Å². The third kappa shape index (κ3) is 2.39. The molecule has 0 N–H and O–H groups in total. The van der Waals surface area contributed by atoms with E-state index in [1.54, 1.807) is 0 Å². The second kappa shape index (κ2) is 4.98. The van der Waals surface area contributed by atoms with Crippen LogP contribution in [-0.2, 0) is 14.3 Å². The molecule has 15 heavy (non-hydrogen) atoms. The fourth-order valence-corrected chi connectivity index (χ4v) is 1.77. The summed E-state index contributed by atoms with van der Waals surface area (Å²) in [5.74, 6) is -1.36. The first kappa shape index (κ1) is 11.8. The minimum atomic E-state index is -0.958. The SMILES string of the molecule is C=COC(=O)C(Cl)C1CCN(C=C)C1=O. The normalized spacial score (nSPS) is 22.3. The van der Waals surface area contributed by atoms with Gasteiger partial charge in [0.05, 0.1) is 12.2 Å². The molecule has 0 aromatic carbocycles. The zero-order chi connectivity index (χ0) is 11.4. The zero-order valence-electron chi connectivity index (χ0n) is 8.19. The Hall–Kier alpha value is -1.29. The monoisotopic (exact) mass is 229 g/mol. The van der Waals surface area contributed by atoms with Crippen LogP contribution >= 0.6 is 11.6 Å². The van der Waals surface area contributed by atoms with Crippen LogP contribution in [0.15, 0.2) is 25.6 Å². The van der Waals surface area contributed by atoms with Gasteiger partial charge in [-0.1, -0.05) is 13.2 Å². The number of likely N-dealkylation sites (tertiary alicyclic amines) is 1. The molecule has 5 heteroatoms. The highest BCUT2D eigenvalue weighted by molar-refractivity contribution is 6.31. The molecule has 1 amide bonds. The summed E-state index contributed by atoms with van der Waals surface area (Å²) in [5.41, 5.74) is 0. The fraction of sp³-hybridized carbons (Fsp3) is 0.400. The van der Waals surface area contributed by atoms with Gasteiger partial charge >= 0.3 is 5.97 Å². The quantitative estimate of drug-likeness (QED) is 0.414. The molecule has 1 rings (SSSR count). The maximum Gasteiger partial charge on any atom is 0.329 e. The first-order valence-electron chi connectivity index (χ1n) is 4.50. The topological polar surface area (TPSA) is 46.6 Å².